The average molecular weight is 449 g/mol. The molecule has 6 nitrogen and oxygen atoms in total. The summed E-state index contributed by atoms with van der Waals surface area (Å²) in [6, 6.07) is 14.8. The lowest BCUT2D eigenvalue weighted by atomic mass is 10.0. The summed E-state index contributed by atoms with van der Waals surface area (Å²) >= 11 is 6.36. The molecule has 1 aliphatic rings. The molecule has 0 aliphatic carbocycles. The normalized spacial score (nSPS) is 14.8. The zero-order chi connectivity index (χ0) is 22.7. The van der Waals surface area contributed by atoms with Crippen LogP contribution < -0.4 is 10.6 Å². The van der Waals surface area contributed by atoms with Gasteiger partial charge in [0.05, 0.1) is 5.69 Å². The van der Waals surface area contributed by atoms with Crippen LogP contribution in [0.15, 0.2) is 61.2 Å². The molecule has 0 bridgehead atoms. The molecule has 0 saturated carbocycles. The van der Waals surface area contributed by atoms with Gasteiger partial charge in [-0.1, -0.05) is 36.4 Å². The van der Waals surface area contributed by atoms with Crippen LogP contribution in [0.3, 0.4) is 0 Å². The summed E-state index contributed by atoms with van der Waals surface area (Å²) in [4.78, 5) is 31.5. The van der Waals surface area contributed by atoms with Crippen molar-refractivity contribution in [1.82, 2.24) is 15.2 Å². The molecular formula is C25H25ClN4O2. The second kappa shape index (κ2) is 9.51. The molecule has 3 aromatic rings. The van der Waals surface area contributed by atoms with Gasteiger partial charge in [0.1, 0.15) is 5.69 Å². The molecule has 1 fully saturated rings. The summed E-state index contributed by atoms with van der Waals surface area (Å²) in [6.07, 6.45) is 3.09. The zero-order valence-electron chi connectivity index (χ0n) is 17.9. The van der Waals surface area contributed by atoms with Crippen molar-refractivity contribution in [3.63, 3.8) is 0 Å². The fraction of sp³-hybridized carbons (Fsp3) is 0.240. The number of rotatable bonds is 5. The predicted molar refractivity (Wildman–Crippen MR) is 129 cm³/mol. The van der Waals surface area contributed by atoms with Gasteiger partial charge < -0.3 is 15.5 Å². The Morgan fingerprint density at radius 1 is 1.12 bits per heavy atom. The Balaban J connectivity index is 1.62. The van der Waals surface area contributed by atoms with Crippen LogP contribution in [0, 0.1) is 0 Å². The Kier molecular flexibility index (Phi) is 6.53. The maximum Gasteiger partial charge on any atom is 0.270 e. The first-order chi connectivity index (χ1) is 15.4. The van der Waals surface area contributed by atoms with Crippen LogP contribution in [-0.2, 0) is 4.79 Å². The highest BCUT2D eigenvalue weighted by Crippen LogP contribution is 2.33. The van der Waals surface area contributed by atoms with Gasteiger partial charge in [-0.3, -0.25) is 9.59 Å². The van der Waals surface area contributed by atoms with Crippen molar-refractivity contribution in [3.8, 4) is 11.3 Å². The molecule has 7 heteroatoms. The van der Waals surface area contributed by atoms with Crippen LogP contribution in [-0.4, -0.2) is 47.9 Å². The molecule has 2 heterocycles. The number of aromatic nitrogens is 1. The average Bonchev–Trinajstić information content (AvgIpc) is 2.82. The Morgan fingerprint density at radius 2 is 1.91 bits per heavy atom. The van der Waals surface area contributed by atoms with Gasteiger partial charge in [-0.25, -0.2) is 4.98 Å². The minimum Gasteiger partial charge on any atom is -0.348 e. The van der Waals surface area contributed by atoms with Crippen molar-refractivity contribution in [3.05, 3.63) is 71.9 Å². The number of piperidine rings is 1. The SMILES string of the molecule is C=CC(=O)Nc1ccc(Cl)c2ccc(-c3cccc(C(=O)NC4CCN(C)CC4)n3)cc12. The first-order valence-electron chi connectivity index (χ1n) is 10.6. The van der Waals surface area contributed by atoms with Gasteiger partial charge in [-0.2, -0.15) is 0 Å². The summed E-state index contributed by atoms with van der Waals surface area (Å²) < 4.78 is 0. The van der Waals surface area contributed by atoms with E-state index in [2.05, 4.69) is 34.1 Å². The Labute approximate surface area is 192 Å². The summed E-state index contributed by atoms with van der Waals surface area (Å²) in [6.45, 7) is 5.45. The number of anilines is 1. The number of hydrogen-bond donors (Lipinski definition) is 2. The minimum atomic E-state index is -0.301. The Hall–Kier alpha value is -3.22. The van der Waals surface area contributed by atoms with Gasteiger partial charge in [-0.05, 0) is 69.4 Å². The maximum atomic E-state index is 12.8. The number of benzene rings is 2. The number of hydrogen-bond acceptors (Lipinski definition) is 4. The van der Waals surface area contributed by atoms with Gasteiger partial charge in [0.2, 0.25) is 5.91 Å². The standard InChI is InChI=1S/C25H25ClN4O2/c1-3-24(31)29-22-10-9-20(26)18-8-7-16(15-19(18)22)21-5-4-6-23(28-21)25(32)27-17-11-13-30(2)14-12-17/h3-10,15,17H,1,11-14H2,2H3,(H,27,32)(H,29,31). The Bertz CT molecular complexity index is 1190. The van der Waals surface area contributed by atoms with Crippen molar-refractivity contribution in [2.24, 2.45) is 0 Å². The number of amides is 2. The van der Waals surface area contributed by atoms with E-state index in [0.717, 1.165) is 42.3 Å². The van der Waals surface area contributed by atoms with Crippen LogP contribution in [0.1, 0.15) is 23.3 Å². The van der Waals surface area contributed by atoms with E-state index in [1.165, 1.54) is 6.08 Å². The fourth-order valence-electron chi connectivity index (χ4n) is 3.90. The summed E-state index contributed by atoms with van der Waals surface area (Å²) in [5.41, 5.74) is 2.51. The smallest absolute Gasteiger partial charge is 0.270 e. The molecule has 0 spiro atoms. The molecule has 2 amide bonds. The van der Waals surface area contributed by atoms with Crippen LogP contribution in [0.5, 0.6) is 0 Å². The van der Waals surface area contributed by atoms with E-state index in [-0.39, 0.29) is 17.9 Å². The second-order valence-electron chi connectivity index (χ2n) is 8.01. The van der Waals surface area contributed by atoms with Gasteiger partial charge in [-0.15, -0.1) is 0 Å². The first-order valence-corrected chi connectivity index (χ1v) is 10.9. The van der Waals surface area contributed by atoms with Gasteiger partial charge in [0.15, 0.2) is 0 Å². The van der Waals surface area contributed by atoms with Crippen molar-refractivity contribution in [2.45, 2.75) is 18.9 Å². The molecule has 4 rings (SSSR count). The summed E-state index contributed by atoms with van der Waals surface area (Å²) in [5.74, 6) is -0.464. The van der Waals surface area contributed by atoms with E-state index in [0.29, 0.717) is 22.1 Å². The van der Waals surface area contributed by atoms with Crippen LogP contribution in [0.4, 0.5) is 5.69 Å². The van der Waals surface area contributed by atoms with Gasteiger partial charge in [0.25, 0.3) is 5.91 Å². The minimum absolute atomic E-state index is 0.163. The van der Waals surface area contributed by atoms with Gasteiger partial charge in [0, 0.05) is 33.1 Å². The third kappa shape index (κ3) is 4.82. The monoisotopic (exact) mass is 448 g/mol. The summed E-state index contributed by atoms with van der Waals surface area (Å²) in [5, 5.41) is 8.11. The molecule has 0 atom stereocenters. The molecule has 0 radical (unpaired) electrons. The number of fused-ring (bicyclic) bond motifs is 1. The number of likely N-dealkylation sites (tertiary alicyclic amines) is 1. The molecule has 2 N–H and O–H groups in total. The van der Waals surface area contributed by atoms with Gasteiger partial charge >= 0.3 is 0 Å². The van der Waals surface area contributed by atoms with E-state index in [9.17, 15) is 9.59 Å². The van der Waals surface area contributed by atoms with E-state index < -0.39 is 0 Å². The highest BCUT2D eigenvalue weighted by Gasteiger charge is 2.20. The van der Waals surface area contributed by atoms with E-state index in [1.54, 1.807) is 18.2 Å². The predicted octanol–water partition coefficient (Wildman–Crippen LogP) is 4.50. The first kappa shape index (κ1) is 22.0. The van der Waals surface area contributed by atoms with Crippen molar-refractivity contribution >= 4 is 39.9 Å². The largest absolute Gasteiger partial charge is 0.348 e. The highest BCUT2D eigenvalue weighted by atomic mass is 35.5. The van der Waals surface area contributed by atoms with Crippen molar-refractivity contribution in [1.29, 1.82) is 0 Å². The number of nitrogens with one attached hydrogen (secondary N) is 2. The number of carbonyl (C=O) groups is 2. The molecule has 1 aromatic heterocycles. The Morgan fingerprint density at radius 3 is 2.66 bits per heavy atom. The number of halogens is 1. The maximum absolute atomic E-state index is 12.8. The zero-order valence-corrected chi connectivity index (χ0v) is 18.7. The molecule has 1 aliphatic heterocycles. The number of carbonyl (C=O) groups excluding carboxylic acids is 2. The molecule has 1 saturated heterocycles. The van der Waals surface area contributed by atoms with E-state index in [1.807, 2.05) is 30.3 Å². The third-order valence-corrected chi connectivity index (χ3v) is 6.07. The van der Waals surface area contributed by atoms with Crippen LogP contribution >= 0.6 is 11.6 Å². The highest BCUT2D eigenvalue weighted by molar-refractivity contribution is 6.36. The van der Waals surface area contributed by atoms with E-state index >= 15 is 0 Å². The van der Waals surface area contributed by atoms with Crippen LogP contribution in [0.25, 0.3) is 22.0 Å². The summed E-state index contributed by atoms with van der Waals surface area (Å²) in [7, 11) is 2.09. The van der Waals surface area contributed by atoms with Crippen molar-refractivity contribution < 1.29 is 9.59 Å². The molecular weight excluding hydrogens is 424 g/mol. The third-order valence-electron chi connectivity index (χ3n) is 5.74. The lowest BCUT2D eigenvalue weighted by molar-refractivity contribution is -0.111. The van der Waals surface area contributed by atoms with Crippen LogP contribution in [0.2, 0.25) is 5.02 Å². The van der Waals surface area contributed by atoms with Crippen molar-refractivity contribution in [2.75, 3.05) is 25.5 Å². The van der Waals surface area contributed by atoms with E-state index in [4.69, 9.17) is 11.6 Å². The number of nitrogens with zero attached hydrogens (tertiary/aromatic N) is 2. The topological polar surface area (TPSA) is 74.3 Å². The molecule has 32 heavy (non-hydrogen) atoms. The fourth-order valence-corrected chi connectivity index (χ4v) is 4.13. The lowest BCUT2D eigenvalue weighted by Gasteiger charge is -2.29. The molecule has 0 unspecified atom stereocenters. The molecule has 164 valence electrons. The number of pyridine rings is 1. The lowest BCUT2D eigenvalue weighted by Crippen LogP contribution is -2.43. The molecule has 2 aromatic carbocycles. The quantitative estimate of drug-likeness (QED) is 0.563. The second-order valence-corrected chi connectivity index (χ2v) is 8.41.